The number of carbonyl (C=O) groups excluding carboxylic acids is 1. The standard InChI is InChI=1S/C12H16FN3O3/c1-12(2,3)10(14)11(17)15-7-4-5-9(16(18)19)8(13)6-7/h4-6,10H,14H2,1-3H3,(H,15,17). The summed E-state index contributed by atoms with van der Waals surface area (Å²) in [5.74, 6) is -1.48. The van der Waals surface area contributed by atoms with Crippen molar-refractivity contribution in [1.82, 2.24) is 0 Å². The van der Waals surface area contributed by atoms with E-state index in [9.17, 15) is 19.3 Å². The van der Waals surface area contributed by atoms with Gasteiger partial charge in [0, 0.05) is 17.8 Å². The molecule has 1 aromatic rings. The molecule has 0 saturated carbocycles. The monoisotopic (exact) mass is 269 g/mol. The van der Waals surface area contributed by atoms with Gasteiger partial charge in [-0.2, -0.15) is 4.39 Å². The van der Waals surface area contributed by atoms with Crippen LogP contribution < -0.4 is 11.1 Å². The van der Waals surface area contributed by atoms with Crippen LogP contribution in [-0.4, -0.2) is 16.9 Å². The smallest absolute Gasteiger partial charge is 0.304 e. The first-order chi connectivity index (χ1) is 8.62. The largest absolute Gasteiger partial charge is 0.325 e. The van der Waals surface area contributed by atoms with Gasteiger partial charge in [0.05, 0.1) is 11.0 Å². The number of nitrogens with one attached hydrogen (secondary N) is 1. The second kappa shape index (κ2) is 5.31. The maximum absolute atomic E-state index is 13.4. The lowest BCUT2D eigenvalue weighted by Crippen LogP contribution is -2.45. The summed E-state index contributed by atoms with van der Waals surface area (Å²) in [4.78, 5) is 21.4. The molecule has 7 heteroatoms. The van der Waals surface area contributed by atoms with Crippen molar-refractivity contribution in [1.29, 1.82) is 0 Å². The van der Waals surface area contributed by atoms with Crippen LogP contribution in [0.4, 0.5) is 15.8 Å². The SMILES string of the molecule is CC(C)(C)C(N)C(=O)Nc1ccc([N+](=O)[O-])c(F)c1. The van der Waals surface area contributed by atoms with Crippen molar-refractivity contribution in [2.24, 2.45) is 11.1 Å². The first-order valence-corrected chi connectivity index (χ1v) is 5.63. The third-order valence-electron chi connectivity index (χ3n) is 2.63. The van der Waals surface area contributed by atoms with E-state index in [4.69, 9.17) is 5.73 Å². The zero-order chi connectivity index (χ0) is 14.8. The van der Waals surface area contributed by atoms with Crippen LogP contribution in [0.15, 0.2) is 18.2 Å². The van der Waals surface area contributed by atoms with Crippen molar-refractivity contribution in [3.8, 4) is 0 Å². The van der Waals surface area contributed by atoms with Crippen molar-refractivity contribution in [2.75, 3.05) is 5.32 Å². The number of nitro benzene ring substituents is 1. The van der Waals surface area contributed by atoms with Crippen LogP contribution in [0.5, 0.6) is 0 Å². The fraction of sp³-hybridized carbons (Fsp3) is 0.417. The summed E-state index contributed by atoms with van der Waals surface area (Å²) in [5, 5.41) is 12.9. The number of rotatable bonds is 3. The number of hydrogen-bond acceptors (Lipinski definition) is 4. The van der Waals surface area contributed by atoms with Gasteiger partial charge in [0.2, 0.25) is 11.7 Å². The molecular weight excluding hydrogens is 253 g/mol. The lowest BCUT2D eigenvalue weighted by molar-refractivity contribution is -0.387. The van der Waals surface area contributed by atoms with Gasteiger partial charge in [-0.05, 0) is 11.5 Å². The minimum Gasteiger partial charge on any atom is -0.325 e. The normalized spacial score (nSPS) is 12.9. The van der Waals surface area contributed by atoms with E-state index in [0.29, 0.717) is 0 Å². The molecule has 0 aliphatic rings. The maximum atomic E-state index is 13.4. The second-order valence-corrected chi connectivity index (χ2v) is 5.26. The van der Waals surface area contributed by atoms with Crippen molar-refractivity contribution in [3.05, 3.63) is 34.1 Å². The van der Waals surface area contributed by atoms with E-state index in [1.807, 2.05) is 0 Å². The molecule has 6 nitrogen and oxygen atoms in total. The Hall–Kier alpha value is -2.02. The van der Waals surface area contributed by atoms with Gasteiger partial charge in [-0.25, -0.2) is 0 Å². The summed E-state index contributed by atoms with van der Waals surface area (Å²) in [6, 6.07) is 2.37. The number of nitrogens with two attached hydrogens (primary N) is 1. The first kappa shape index (κ1) is 15.0. The van der Waals surface area contributed by atoms with Crippen molar-refractivity contribution < 1.29 is 14.1 Å². The van der Waals surface area contributed by atoms with Crippen LogP contribution in [0.3, 0.4) is 0 Å². The summed E-state index contributed by atoms with van der Waals surface area (Å²) in [6.45, 7) is 5.40. The van der Waals surface area contributed by atoms with Crippen molar-refractivity contribution in [3.63, 3.8) is 0 Å². The molecule has 1 amide bonds. The molecule has 1 rings (SSSR count). The van der Waals surface area contributed by atoms with Gasteiger partial charge in [-0.1, -0.05) is 20.8 Å². The minimum atomic E-state index is -1.01. The van der Waals surface area contributed by atoms with Gasteiger partial charge in [-0.3, -0.25) is 14.9 Å². The molecule has 0 saturated heterocycles. The zero-order valence-electron chi connectivity index (χ0n) is 10.9. The van der Waals surface area contributed by atoms with E-state index in [0.717, 1.165) is 12.1 Å². The highest BCUT2D eigenvalue weighted by Crippen LogP contribution is 2.22. The molecule has 1 unspecified atom stereocenters. The Balaban J connectivity index is 2.87. The number of carbonyl (C=O) groups is 1. The third kappa shape index (κ3) is 3.72. The number of anilines is 1. The highest BCUT2D eigenvalue weighted by molar-refractivity contribution is 5.95. The molecule has 0 aliphatic carbocycles. The Bertz CT molecular complexity index is 511. The quantitative estimate of drug-likeness (QED) is 0.648. The molecule has 0 heterocycles. The minimum absolute atomic E-state index is 0.132. The molecule has 0 aliphatic heterocycles. The second-order valence-electron chi connectivity index (χ2n) is 5.26. The van der Waals surface area contributed by atoms with Gasteiger partial charge < -0.3 is 11.1 Å². The topological polar surface area (TPSA) is 98.3 Å². The first-order valence-electron chi connectivity index (χ1n) is 5.63. The van der Waals surface area contributed by atoms with Crippen molar-refractivity contribution in [2.45, 2.75) is 26.8 Å². The molecule has 1 atom stereocenters. The van der Waals surface area contributed by atoms with Gasteiger partial charge in [0.15, 0.2) is 0 Å². The highest BCUT2D eigenvalue weighted by Gasteiger charge is 2.27. The Morgan fingerprint density at radius 3 is 2.47 bits per heavy atom. The molecule has 0 radical (unpaired) electrons. The van der Waals surface area contributed by atoms with Gasteiger partial charge in [0.25, 0.3) is 0 Å². The van der Waals surface area contributed by atoms with E-state index in [-0.39, 0.29) is 5.69 Å². The summed E-state index contributed by atoms with van der Waals surface area (Å²) in [6.07, 6.45) is 0. The van der Waals surface area contributed by atoms with Crippen molar-refractivity contribution >= 4 is 17.3 Å². The molecular formula is C12H16FN3O3. The van der Waals surface area contributed by atoms with Gasteiger partial charge in [0.1, 0.15) is 0 Å². The van der Waals surface area contributed by atoms with Crippen LogP contribution in [0, 0.1) is 21.3 Å². The molecule has 0 fully saturated rings. The van der Waals surface area contributed by atoms with Crippen LogP contribution in [0.1, 0.15) is 20.8 Å². The zero-order valence-corrected chi connectivity index (χ0v) is 10.9. The molecule has 19 heavy (non-hydrogen) atoms. The summed E-state index contributed by atoms with van der Waals surface area (Å²) >= 11 is 0. The van der Waals surface area contributed by atoms with Crippen LogP contribution in [0.2, 0.25) is 0 Å². The number of nitro groups is 1. The van der Waals surface area contributed by atoms with Gasteiger partial charge >= 0.3 is 5.69 Å². The lowest BCUT2D eigenvalue weighted by Gasteiger charge is -2.25. The van der Waals surface area contributed by atoms with E-state index in [2.05, 4.69) is 5.32 Å². The fourth-order valence-corrected chi connectivity index (χ4v) is 1.35. The Kier molecular flexibility index (Phi) is 4.21. The molecule has 0 bridgehead atoms. The number of halogens is 1. The van der Waals surface area contributed by atoms with Gasteiger partial charge in [-0.15, -0.1) is 0 Å². The van der Waals surface area contributed by atoms with E-state index in [1.165, 1.54) is 6.07 Å². The number of nitrogens with zero attached hydrogens (tertiary/aromatic N) is 1. The fourth-order valence-electron chi connectivity index (χ4n) is 1.35. The van der Waals surface area contributed by atoms with E-state index >= 15 is 0 Å². The number of hydrogen-bond donors (Lipinski definition) is 2. The number of amides is 1. The molecule has 104 valence electrons. The van der Waals surface area contributed by atoms with Crippen LogP contribution in [-0.2, 0) is 4.79 Å². The Morgan fingerprint density at radius 2 is 2.05 bits per heavy atom. The highest BCUT2D eigenvalue weighted by atomic mass is 19.1. The van der Waals surface area contributed by atoms with E-state index < -0.39 is 33.8 Å². The predicted octanol–water partition coefficient (Wildman–Crippen LogP) is 2.05. The van der Waals surface area contributed by atoms with E-state index in [1.54, 1.807) is 20.8 Å². The lowest BCUT2D eigenvalue weighted by atomic mass is 9.87. The Morgan fingerprint density at radius 1 is 1.47 bits per heavy atom. The Labute approximate surface area is 109 Å². The molecule has 0 aromatic heterocycles. The number of benzene rings is 1. The summed E-state index contributed by atoms with van der Waals surface area (Å²) in [7, 11) is 0. The van der Waals surface area contributed by atoms with Crippen LogP contribution in [0.25, 0.3) is 0 Å². The summed E-state index contributed by atoms with van der Waals surface area (Å²) in [5.41, 5.74) is 4.79. The average Bonchev–Trinajstić information content (AvgIpc) is 2.26. The summed E-state index contributed by atoms with van der Waals surface area (Å²) < 4.78 is 13.4. The average molecular weight is 269 g/mol. The van der Waals surface area contributed by atoms with Crippen LogP contribution >= 0.6 is 0 Å². The molecule has 0 spiro atoms. The molecule has 1 aromatic carbocycles. The molecule has 3 N–H and O–H groups in total. The third-order valence-corrected chi connectivity index (χ3v) is 2.63. The maximum Gasteiger partial charge on any atom is 0.304 e. The predicted molar refractivity (Wildman–Crippen MR) is 69.1 cm³/mol.